The SMILES string of the molecule is CCOc1ncccc1CNC(=NC)NCCc1nc(C(F)(F)F)cs1. The lowest BCUT2D eigenvalue weighted by molar-refractivity contribution is -0.140. The number of aliphatic imine (C=N–C) groups is 1. The van der Waals surface area contributed by atoms with E-state index >= 15 is 0 Å². The largest absolute Gasteiger partial charge is 0.478 e. The van der Waals surface area contributed by atoms with Gasteiger partial charge in [0.1, 0.15) is 0 Å². The fourth-order valence-electron chi connectivity index (χ4n) is 2.07. The second kappa shape index (κ2) is 9.37. The van der Waals surface area contributed by atoms with Gasteiger partial charge < -0.3 is 15.4 Å². The number of nitrogens with zero attached hydrogens (tertiary/aromatic N) is 3. The van der Waals surface area contributed by atoms with Crippen LogP contribution in [0.1, 0.15) is 23.2 Å². The molecule has 0 spiro atoms. The number of aromatic nitrogens is 2. The number of hydrogen-bond acceptors (Lipinski definition) is 5. The van der Waals surface area contributed by atoms with E-state index in [-0.39, 0.29) is 0 Å². The summed E-state index contributed by atoms with van der Waals surface area (Å²) in [7, 11) is 1.62. The van der Waals surface area contributed by atoms with Crippen LogP contribution in [-0.2, 0) is 19.1 Å². The minimum atomic E-state index is -4.40. The predicted molar refractivity (Wildman–Crippen MR) is 94.4 cm³/mol. The Balaban J connectivity index is 1.82. The van der Waals surface area contributed by atoms with Crippen LogP contribution in [0.4, 0.5) is 13.2 Å². The van der Waals surface area contributed by atoms with Gasteiger partial charge in [-0.2, -0.15) is 13.2 Å². The highest BCUT2D eigenvalue weighted by Crippen LogP contribution is 2.29. The third kappa shape index (κ3) is 5.87. The zero-order valence-electron chi connectivity index (χ0n) is 14.4. The number of rotatable bonds is 7. The van der Waals surface area contributed by atoms with Crippen molar-refractivity contribution in [2.24, 2.45) is 4.99 Å². The summed E-state index contributed by atoms with van der Waals surface area (Å²) in [4.78, 5) is 11.9. The van der Waals surface area contributed by atoms with Crippen molar-refractivity contribution in [2.45, 2.75) is 26.1 Å². The number of guanidine groups is 1. The van der Waals surface area contributed by atoms with Gasteiger partial charge in [0, 0.05) is 43.7 Å². The summed E-state index contributed by atoms with van der Waals surface area (Å²) >= 11 is 0.997. The van der Waals surface area contributed by atoms with E-state index in [4.69, 9.17) is 4.74 Å². The number of halogens is 3. The topological polar surface area (TPSA) is 71.4 Å². The monoisotopic (exact) mass is 387 g/mol. The van der Waals surface area contributed by atoms with Gasteiger partial charge in [0.05, 0.1) is 11.6 Å². The van der Waals surface area contributed by atoms with Crippen LogP contribution in [0, 0.1) is 0 Å². The van der Waals surface area contributed by atoms with E-state index in [1.807, 2.05) is 19.1 Å². The second-order valence-electron chi connectivity index (χ2n) is 5.13. The molecule has 0 bridgehead atoms. The first kappa shape index (κ1) is 20.0. The van der Waals surface area contributed by atoms with Gasteiger partial charge >= 0.3 is 6.18 Å². The van der Waals surface area contributed by atoms with Crippen LogP contribution in [0.15, 0.2) is 28.7 Å². The summed E-state index contributed by atoms with van der Waals surface area (Å²) in [5.41, 5.74) is 0.0343. The van der Waals surface area contributed by atoms with Crippen LogP contribution in [0.2, 0.25) is 0 Å². The third-order valence-electron chi connectivity index (χ3n) is 3.27. The van der Waals surface area contributed by atoms with Crippen molar-refractivity contribution in [3.63, 3.8) is 0 Å². The van der Waals surface area contributed by atoms with Crippen molar-refractivity contribution in [3.8, 4) is 5.88 Å². The van der Waals surface area contributed by atoms with Crippen LogP contribution in [0.5, 0.6) is 5.88 Å². The van der Waals surface area contributed by atoms with Crippen LogP contribution in [0.3, 0.4) is 0 Å². The first-order valence-electron chi connectivity index (χ1n) is 7.96. The summed E-state index contributed by atoms with van der Waals surface area (Å²) in [5, 5.41) is 7.62. The maximum atomic E-state index is 12.5. The van der Waals surface area contributed by atoms with Crippen LogP contribution < -0.4 is 15.4 Å². The molecule has 0 fully saturated rings. The van der Waals surface area contributed by atoms with Crippen molar-refractivity contribution in [2.75, 3.05) is 20.2 Å². The van der Waals surface area contributed by atoms with E-state index in [0.29, 0.717) is 43.0 Å². The highest BCUT2D eigenvalue weighted by atomic mass is 32.1. The Labute approximate surface area is 153 Å². The van der Waals surface area contributed by atoms with Gasteiger partial charge in [0.2, 0.25) is 5.88 Å². The maximum absolute atomic E-state index is 12.5. The van der Waals surface area contributed by atoms with Gasteiger partial charge in [-0.1, -0.05) is 6.07 Å². The molecule has 2 rings (SSSR count). The van der Waals surface area contributed by atoms with E-state index < -0.39 is 11.9 Å². The molecule has 2 aromatic heterocycles. The molecule has 0 unspecified atom stereocenters. The molecule has 0 atom stereocenters. The lowest BCUT2D eigenvalue weighted by atomic mass is 10.2. The second-order valence-corrected chi connectivity index (χ2v) is 6.07. The number of nitrogens with one attached hydrogen (secondary N) is 2. The Kier molecular flexibility index (Phi) is 7.19. The number of pyridine rings is 1. The molecule has 10 heteroatoms. The Bertz CT molecular complexity index is 733. The van der Waals surface area contributed by atoms with E-state index in [9.17, 15) is 13.2 Å². The molecule has 142 valence electrons. The fourth-order valence-corrected chi connectivity index (χ4v) is 2.87. The van der Waals surface area contributed by atoms with Crippen LogP contribution in [-0.4, -0.2) is 36.1 Å². The van der Waals surface area contributed by atoms with Gasteiger partial charge in [-0.3, -0.25) is 4.99 Å². The molecule has 26 heavy (non-hydrogen) atoms. The molecule has 2 N–H and O–H groups in total. The van der Waals surface area contributed by atoms with Crippen molar-refractivity contribution < 1.29 is 17.9 Å². The summed E-state index contributed by atoms with van der Waals surface area (Å²) in [6.07, 6.45) is -2.37. The van der Waals surface area contributed by atoms with Crippen molar-refractivity contribution in [3.05, 3.63) is 40.0 Å². The average Bonchev–Trinajstić information content (AvgIpc) is 3.08. The lowest BCUT2D eigenvalue weighted by Crippen LogP contribution is -2.38. The summed E-state index contributed by atoms with van der Waals surface area (Å²) in [6, 6.07) is 3.71. The van der Waals surface area contributed by atoms with E-state index in [1.165, 1.54) is 0 Å². The lowest BCUT2D eigenvalue weighted by Gasteiger charge is -2.13. The zero-order valence-corrected chi connectivity index (χ0v) is 15.2. The highest BCUT2D eigenvalue weighted by Gasteiger charge is 2.33. The first-order valence-corrected chi connectivity index (χ1v) is 8.84. The summed E-state index contributed by atoms with van der Waals surface area (Å²) in [5.74, 6) is 1.09. The predicted octanol–water partition coefficient (Wildman–Crippen LogP) is 2.86. The molecule has 6 nitrogen and oxygen atoms in total. The average molecular weight is 387 g/mol. The summed E-state index contributed by atoms with van der Waals surface area (Å²) in [6.45, 7) is 3.27. The minimum Gasteiger partial charge on any atom is -0.478 e. The van der Waals surface area contributed by atoms with E-state index in [2.05, 4.69) is 25.6 Å². The number of thiazole rings is 1. The summed E-state index contributed by atoms with van der Waals surface area (Å²) < 4.78 is 43.1. The first-order chi connectivity index (χ1) is 12.4. The molecule has 2 heterocycles. The quantitative estimate of drug-likeness (QED) is 0.565. The Hall–Kier alpha value is -2.36. The highest BCUT2D eigenvalue weighted by molar-refractivity contribution is 7.09. The van der Waals surface area contributed by atoms with Gasteiger partial charge in [0.25, 0.3) is 0 Å². The minimum absolute atomic E-state index is 0.374. The van der Waals surface area contributed by atoms with Crippen LogP contribution >= 0.6 is 11.3 Å². The molecule has 0 aliphatic heterocycles. The Morgan fingerprint density at radius 2 is 2.15 bits per heavy atom. The number of alkyl halides is 3. The standard InChI is InChI=1S/C16H20F3N5OS/c1-3-25-14-11(5-4-7-21-14)9-23-15(20-2)22-8-6-13-24-12(10-26-13)16(17,18)19/h4-5,7,10H,3,6,8-9H2,1-2H3,(H2,20,22,23). The zero-order chi connectivity index (χ0) is 19.0. The normalized spacial score (nSPS) is 12.1. The molecular formula is C16H20F3N5OS. The van der Waals surface area contributed by atoms with Gasteiger partial charge in [-0.15, -0.1) is 11.3 Å². The molecule has 0 radical (unpaired) electrons. The van der Waals surface area contributed by atoms with Crippen molar-refractivity contribution in [1.29, 1.82) is 0 Å². The van der Waals surface area contributed by atoms with Gasteiger partial charge in [-0.25, -0.2) is 9.97 Å². The molecule has 0 aliphatic carbocycles. The molecule has 0 amide bonds. The number of hydrogen-bond donors (Lipinski definition) is 2. The van der Waals surface area contributed by atoms with E-state index in [1.54, 1.807) is 13.2 Å². The molecule has 0 aromatic carbocycles. The van der Waals surface area contributed by atoms with Crippen molar-refractivity contribution >= 4 is 17.3 Å². The Morgan fingerprint density at radius 1 is 1.35 bits per heavy atom. The third-order valence-corrected chi connectivity index (χ3v) is 4.18. The van der Waals surface area contributed by atoms with Gasteiger partial charge in [-0.05, 0) is 13.0 Å². The molecule has 0 aliphatic rings. The number of ether oxygens (including phenoxy) is 1. The smallest absolute Gasteiger partial charge is 0.434 e. The Morgan fingerprint density at radius 3 is 2.81 bits per heavy atom. The fraction of sp³-hybridized carbons (Fsp3) is 0.438. The maximum Gasteiger partial charge on any atom is 0.434 e. The molecule has 0 saturated carbocycles. The van der Waals surface area contributed by atoms with Crippen molar-refractivity contribution in [1.82, 2.24) is 20.6 Å². The molecule has 0 saturated heterocycles. The molecular weight excluding hydrogens is 367 g/mol. The van der Waals surface area contributed by atoms with E-state index in [0.717, 1.165) is 22.3 Å². The molecule has 2 aromatic rings. The van der Waals surface area contributed by atoms with Gasteiger partial charge in [0.15, 0.2) is 11.7 Å². The van der Waals surface area contributed by atoms with Crippen LogP contribution in [0.25, 0.3) is 0 Å².